The van der Waals surface area contributed by atoms with Gasteiger partial charge in [0.25, 0.3) is 0 Å². The lowest BCUT2D eigenvalue weighted by atomic mass is 10.3. The largest absolute Gasteiger partial charge is 0.347 e. The molecule has 0 atom stereocenters. The van der Waals surface area contributed by atoms with Gasteiger partial charge in [0.2, 0.25) is 0 Å². The first-order valence-corrected chi connectivity index (χ1v) is 2.36. The van der Waals surface area contributed by atoms with Crippen molar-refractivity contribution in [1.29, 1.82) is 5.26 Å². The van der Waals surface area contributed by atoms with Crippen LogP contribution < -0.4 is 5.73 Å². The summed E-state index contributed by atoms with van der Waals surface area (Å²) in [4.78, 5) is 0. The van der Waals surface area contributed by atoms with Gasteiger partial charge in [-0.1, -0.05) is 0 Å². The SMILES string of the molecule is CC(C)(N)OCC#N. The van der Waals surface area contributed by atoms with Crippen LogP contribution >= 0.6 is 0 Å². The number of nitrogens with zero attached hydrogens (tertiary/aromatic N) is 1. The minimum atomic E-state index is -0.671. The zero-order valence-corrected chi connectivity index (χ0v) is 5.14. The minimum absolute atomic E-state index is 0.0590. The van der Waals surface area contributed by atoms with Gasteiger partial charge >= 0.3 is 0 Å². The van der Waals surface area contributed by atoms with E-state index in [-0.39, 0.29) is 6.61 Å². The van der Waals surface area contributed by atoms with E-state index in [1.807, 2.05) is 6.07 Å². The van der Waals surface area contributed by atoms with E-state index >= 15 is 0 Å². The number of hydrogen-bond acceptors (Lipinski definition) is 3. The molecular formula is C5H10N2O. The quantitative estimate of drug-likeness (QED) is 0.522. The van der Waals surface area contributed by atoms with Gasteiger partial charge in [0.05, 0.1) is 6.07 Å². The molecule has 3 nitrogen and oxygen atoms in total. The fraction of sp³-hybridized carbons (Fsp3) is 0.800. The molecule has 0 rings (SSSR count). The Morgan fingerprint density at radius 2 is 2.25 bits per heavy atom. The smallest absolute Gasteiger partial charge is 0.135 e. The molecular weight excluding hydrogens is 104 g/mol. The van der Waals surface area contributed by atoms with Crippen molar-refractivity contribution in [2.45, 2.75) is 19.6 Å². The van der Waals surface area contributed by atoms with Gasteiger partial charge in [-0.15, -0.1) is 0 Å². The monoisotopic (exact) mass is 114 g/mol. The van der Waals surface area contributed by atoms with Gasteiger partial charge in [0, 0.05) is 0 Å². The van der Waals surface area contributed by atoms with Gasteiger partial charge in [0.1, 0.15) is 12.3 Å². The van der Waals surface area contributed by atoms with E-state index in [1.165, 1.54) is 0 Å². The van der Waals surface area contributed by atoms with Crippen LogP contribution in [0.4, 0.5) is 0 Å². The molecule has 0 aliphatic carbocycles. The molecule has 0 aromatic carbocycles. The second-order valence-electron chi connectivity index (χ2n) is 2.05. The maximum atomic E-state index is 8.00. The molecule has 0 radical (unpaired) electrons. The van der Waals surface area contributed by atoms with Crippen LogP contribution in [0, 0.1) is 11.3 Å². The van der Waals surface area contributed by atoms with Gasteiger partial charge < -0.3 is 10.5 Å². The van der Waals surface area contributed by atoms with Crippen molar-refractivity contribution in [1.82, 2.24) is 0 Å². The highest BCUT2D eigenvalue weighted by Crippen LogP contribution is 1.96. The average Bonchev–Trinajstić information content (AvgIpc) is 1.59. The first-order chi connectivity index (χ1) is 3.56. The Morgan fingerprint density at radius 3 is 2.38 bits per heavy atom. The average molecular weight is 114 g/mol. The van der Waals surface area contributed by atoms with Gasteiger partial charge in [-0.2, -0.15) is 5.26 Å². The van der Waals surface area contributed by atoms with Crippen molar-refractivity contribution >= 4 is 0 Å². The summed E-state index contributed by atoms with van der Waals surface area (Å²) in [5.41, 5.74) is 4.68. The van der Waals surface area contributed by atoms with Crippen LogP contribution in [0.2, 0.25) is 0 Å². The van der Waals surface area contributed by atoms with Crippen molar-refractivity contribution in [3.63, 3.8) is 0 Å². The standard InChI is InChI=1S/C5H10N2O/c1-5(2,7)8-4-3-6/h4,7H2,1-2H3. The molecule has 8 heavy (non-hydrogen) atoms. The molecule has 3 heteroatoms. The van der Waals surface area contributed by atoms with Crippen molar-refractivity contribution < 1.29 is 4.74 Å². The van der Waals surface area contributed by atoms with Gasteiger partial charge in [-0.25, -0.2) is 0 Å². The summed E-state index contributed by atoms with van der Waals surface area (Å²) in [6, 6.07) is 1.82. The molecule has 0 amide bonds. The topological polar surface area (TPSA) is 59.0 Å². The molecule has 0 aromatic heterocycles. The van der Waals surface area contributed by atoms with Crippen LogP contribution in [0.3, 0.4) is 0 Å². The van der Waals surface area contributed by atoms with Crippen molar-refractivity contribution in [3.8, 4) is 6.07 Å². The maximum absolute atomic E-state index is 8.00. The minimum Gasteiger partial charge on any atom is -0.347 e. The summed E-state index contributed by atoms with van der Waals surface area (Å²) >= 11 is 0. The van der Waals surface area contributed by atoms with Gasteiger partial charge in [0.15, 0.2) is 0 Å². The Bertz CT molecular complexity index is 98.0. The van der Waals surface area contributed by atoms with E-state index in [0.717, 1.165) is 0 Å². The third-order valence-corrected chi connectivity index (χ3v) is 0.509. The lowest BCUT2D eigenvalue weighted by molar-refractivity contribution is 0.00707. The molecule has 2 N–H and O–H groups in total. The van der Waals surface area contributed by atoms with E-state index in [0.29, 0.717) is 0 Å². The third kappa shape index (κ3) is 5.41. The Kier molecular flexibility index (Phi) is 2.46. The summed E-state index contributed by atoms with van der Waals surface area (Å²) in [6.45, 7) is 3.46. The van der Waals surface area contributed by atoms with Crippen LogP contribution in [0.15, 0.2) is 0 Å². The van der Waals surface area contributed by atoms with E-state index in [4.69, 9.17) is 15.7 Å². The second-order valence-corrected chi connectivity index (χ2v) is 2.05. The molecule has 0 saturated heterocycles. The van der Waals surface area contributed by atoms with Crippen LogP contribution in [-0.2, 0) is 4.74 Å². The van der Waals surface area contributed by atoms with E-state index < -0.39 is 5.72 Å². The Labute approximate surface area is 49.0 Å². The lowest BCUT2D eigenvalue weighted by Crippen LogP contribution is -2.35. The molecule has 0 bridgehead atoms. The summed E-state index contributed by atoms with van der Waals surface area (Å²) in [7, 11) is 0. The molecule has 0 aliphatic rings. The normalized spacial score (nSPS) is 10.8. The summed E-state index contributed by atoms with van der Waals surface area (Å²) in [6.07, 6.45) is 0. The highest BCUT2D eigenvalue weighted by atomic mass is 16.5. The predicted octanol–water partition coefficient (Wildman–Crippen LogP) is 0.221. The van der Waals surface area contributed by atoms with Gasteiger partial charge in [-0.3, -0.25) is 0 Å². The zero-order valence-electron chi connectivity index (χ0n) is 5.14. The van der Waals surface area contributed by atoms with E-state index in [2.05, 4.69) is 0 Å². The Balaban J connectivity index is 3.28. The second kappa shape index (κ2) is 2.65. The predicted molar refractivity (Wildman–Crippen MR) is 29.8 cm³/mol. The van der Waals surface area contributed by atoms with Crippen LogP contribution in [0.5, 0.6) is 0 Å². The number of ether oxygens (including phenoxy) is 1. The zero-order chi connectivity index (χ0) is 6.62. The highest BCUT2D eigenvalue weighted by molar-refractivity contribution is 4.69. The molecule has 0 saturated carbocycles. The molecule has 0 aliphatic heterocycles. The summed E-state index contributed by atoms with van der Waals surface area (Å²) < 4.78 is 4.80. The van der Waals surface area contributed by atoms with Crippen LogP contribution in [0.1, 0.15) is 13.8 Å². The molecule has 0 spiro atoms. The number of nitriles is 1. The lowest BCUT2D eigenvalue weighted by Gasteiger charge is -2.16. The number of hydrogen-bond donors (Lipinski definition) is 1. The maximum Gasteiger partial charge on any atom is 0.135 e. The van der Waals surface area contributed by atoms with Crippen molar-refractivity contribution in [3.05, 3.63) is 0 Å². The molecule has 0 aromatic rings. The fourth-order valence-electron chi connectivity index (χ4n) is 0.218. The molecule has 0 fully saturated rings. The first kappa shape index (κ1) is 7.41. The first-order valence-electron chi connectivity index (χ1n) is 2.36. The number of rotatable bonds is 2. The highest BCUT2D eigenvalue weighted by Gasteiger charge is 2.08. The Hall–Kier alpha value is -0.590. The molecule has 46 valence electrons. The molecule has 0 unspecified atom stereocenters. The van der Waals surface area contributed by atoms with Crippen LogP contribution in [-0.4, -0.2) is 12.3 Å². The van der Waals surface area contributed by atoms with E-state index in [9.17, 15) is 0 Å². The van der Waals surface area contributed by atoms with Crippen molar-refractivity contribution in [2.75, 3.05) is 6.61 Å². The van der Waals surface area contributed by atoms with Crippen molar-refractivity contribution in [2.24, 2.45) is 5.73 Å². The Morgan fingerprint density at radius 1 is 1.75 bits per heavy atom. The van der Waals surface area contributed by atoms with E-state index in [1.54, 1.807) is 13.8 Å². The fourth-order valence-corrected chi connectivity index (χ4v) is 0.218. The third-order valence-electron chi connectivity index (χ3n) is 0.509. The summed E-state index contributed by atoms with van der Waals surface area (Å²) in [5, 5.41) is 8.00. The van der Waals surface area contributed by atoms with Gasteiger partial charge in [-0.05, 0) is 13.8 Å². The molecule has 0 heterocycles. The van der Waals surface area contributed by atoms with Crippen LogP contribution in [0.25, 0.3) is 0 Å². The number of nitrogens with two attached hydrogens (primary N) is 1. The summed E-state index contributed by atoms with van der Waals surface area (Å²) in [5.74, 6) is 0.